The van der Waals surface area contributed by atoms with Crippen molar-refractivity contribution in [3.8, 4) is 5.75 Å². The predicted molar refractivity (Wildman–Crippen MR) is 101 cm³/mol. The number of fused-ring (bicyclic) bond motifs is 1. The van der Waals surface area contributed by atoms with E-state index in [1.807, 2.05) is 18.2 Å². The number of benzene rings is 3. The molecule has 144 valence electrons. The zero-order chi connectivity index (χ0) is 20.3. The number of methoxy groups -OCH3 is 2. The van der Waals surface area contributed by atoms with E-state index >= 15 is 0 Å². The van der Waals surface area contributed by atoms with Crippen molar-refractivity contribution in [1.29, 1.82) is 0 Å². The second-order valence-corrected chi connectivity index (χ2v) is 7.19. The van der Waals surface area contributed by atoms with Gasteiger partial charge in [-0.15, -0.1) is 0 Å². The van der Waals surface area contributed by atoms with Gasteiger partial charge in [-0.1, -0.05) is 42.5 Å². The minimum Gasteiger partial charge on any atom is -0.465 e. The molecule has 0 bridgehead atoms. The van der Waals surface area contributed by atoms with Gasteiger partial charge in [0, 0.05) is 5.39 Å². The molecule has 0 fully saturated rings. The van der Waals surface area contributed by atoms with Crippen molar-refractivity contribution in [3.05, 3.63) is 71.8 Å². The third kappa shape index (κ3) is 3.54. The van der Waals surface area contributed by atoms with E-state index in [-0.39, 0.29) is 11.3 Å². The molecule has 0 aromatic heterocycles. The van der Waals surface area contributed by atoms with Crippen LogP contribution in [0.5, 0.6) is 5.75 Å². The Morgan fingerprint density at radius 3 is 2.14 bits per heavy atom. The Bertz CT molecular complexity index is 1160. The molecule has 0 unspecified atom stereocenters. The van der Waals surface area contributed by atoms with Crippen LogP contribution in [0, 0.1) is 0 Å². The Kier molecular flexibility index (Phi) is 5.32. The summed E-state index contributed by atoms with van der Waals surface area (Å²) in [6.45, 7) is 0. The van der Waals surface area contributed by atoms with E-state index < -0.39 is 32.5 Å². The fourth-order valence-corrected chi connectivity index (χ4v) is 3.92. The number of carbonyl (C=O) groups is 2. The lowest BCUT2D eigenvalue weighted by molar-refractivity contribution is 0.0551. The molecule has 0 amide bonds. The normalized spacial score (nSPS) is 11.1. The summed E-state index contributed by atoms with van der Waals surface area (Å²) in [5.74, 6) is -1.78. The van der Waals surface area contributed by atoms with Crippen LogP contribution in [0.25, 0.3) is 10.8 Å². The molecule has 0 N–H and O–H groups in total. The number of rotatable bonds is 5. The highest BCUT2D eigenvalue weighted by atomic mass is 32.2. The first-order chi connectivity index (χ1) is 13.4. The lowest BCUT2D eigenvalue weighted by Crippen LogP contribution is -2.19. The van der Waals surface area contributed by atoms with Crippen molar-refractivity contribution < 1.29 is 31.7 Å². The van der Waals surface area contributed by atoms with Crippen LogP contribution in [0.2, 0.25) is 0 Å². The first kappa shape index (κ1) is 19.4. The molecule has 28 heavy (non-hydrogen) atoms. The molecule has 8 heteroatoms. The second-order valence-electron chi connectivity index (χ2n) is 5.68. The highest BCUT2D eigenvalue weighted by Crippen LogP contribution is 2.30. The maximum atomic E-state index is 13.0. The van der Waals surface area contributed by atoms with Crippen molar-refractivity contribution in [2.45, 2.75) is 4.90 Å². The van der Waals surface area contributed by atoms with E-state index in [2.05, 4.69) is 9.47 Å². The van der Waals surface area contributed by atoms with E-state index in [0.717, 1.165) is 19.6 Å². The van der Waals surface area contributed by atoms with Crippen LogP contribution < -0.4 is 4.18 Å². The summed E-state index contributed by atoms with van der Waals surface area (Å²) >= 11 is 0. The summed E-state index contributed by atoms with van der Waals surface area (Å²) in [4.78, 5) is 23.7. The van der Waals surface area contributed by atoms with Gasteiger partial charge < -0.3 is 13.7 Å². The topological polar surface area (TPSA) is 96.0 Å². The molecule has 3 rings (SSSR count). The minimum absolute atomic E-state index is 0.0948. The minimum atomic E-state index is -4.46. The summed E-state index contributed by atoms with van der Waals surface area (Å²) in [6, 6.07) is 15.8. The summed E-state index contributed by atoms with van der Waals surface area (Å²) in [7, 11) is -2.26. The Morgan fingerprint density at radius 1 is 0.786 bits per heavy atom. The Labute approximate surface area is 161 Å². The molecule has 0 aliphatic rings. The highest BCUT2D eigenvalue weighted by molar-refractivity contribution is 7.87. The van der Waals surface area contributed by atoms with Crippen molar-refractivity contribution in [2.24, 2.45) is 0 Å². The number of carbonyl (C=O) groups excluding carboxylic acids is 2. The van der Waals surface area contributed by atoms with Gasteiger partial charge in [-0.3, -0.25) is 0 Å². The van der Waals surface area contributed by atoms with Gasteiger partial charge in [0.1, 0.15) is 4.90 Å². The highest BCUT2D eigenvalue weighted by Gasteiger charge is 2.30. The number of hydrogen-bond donors (Lipinski definition) is 0. The number of hydrogen-bond acceptors (Lipinski definition) is 7. The van der Waals surface area contributed by atoms with Crippen LogP contribution in [-0.4, -0.2) is 34.6 Å². The van der Waals surface area contributed by atoms with Crippen LogP contribution in [0.3, 0.4) is 0 Å². The van der Waals surface area contributed by atoms with Gasteiger partial charge in [0.05, 0.1) is 25.3 Å². The average molecular weight is 400 g/mol. The molecule has 0 spiro atoms. The van der Waals surface area contributed by atoms with Crippen LogP contribution in [0.1, 0.15) is 20.7 Å². The molecule has 0 atom stereocenters. The van der Waals surface area contributed by atoms with E-state index in [9.17, 15) is 18.0 Å². The van der Waals surface area contributed by atoms with E-state index in [1.165, 1.54) is 24.3 Å². The Morgan fingerprint density at radius 2 is 1.43 bits per heavy atom. The second kappa shape index (κ2) is 7.69. The molecule has 0 saturated carbocycles. The van der Waals surface area contributed by atoms with E-state index in [4.69, 9.17) is 4.18 Å². The van der Waals surface area contributed by atoms with Gasteiger partial charge in [-0.25, -0.2) is 9.59 Å². The smallest absolute Gasteiger partial charge is 0.340 e. The van der Waals surface area contributed by atoms with Crippen molar-refractivity contribution in [2.75, 3.05) is 14.2 Å². The zero-order valence-corrected chi connectivity index (χ0v) is 15.9. The molecule has 7 nitrogen and oxygen atoms in total. The van der Waals surface area contributed by atoms with Gasteiger partial charge in [-0.2, -0.15) is 8.42 Å². The molecule has 0 aliphatic heterocycles. The molecule has 3 aromatic carbocycles. The van der Waals surface area contributed by atoms with Gasteiger partial charge in [-0.05, 0) is 23.6 Å². The summed E-state index contributed by atoms with van der Waals surface area (Å²) in [5.41, 5.74) is -0.686. The summed E-state index contributed by atoms with van der Waals surface area (Å²) in [5, 5.41) is 1.36. The maximum absolute atomic E-state index is 13.0. The standard InChI is InChI=1S/C20H16O7S/c1-25-19(21)15-10-6-12-17(18(15)20(22)26-2)28(23,24)27-16-11-5-8-13-7-3-4-9-14(13)16/h3-12H,1-2H3. The van der Waals surface area contributed by atoms with Gasteiger partial charge in [0.25, 0.3) is 0 Å². The van der Waals surface area contributed by atoms with Crippen LogP contribution in [0.15, 0.2) is 65.6 Å². The van der Waals surface area contributed by atoms with Gasteiger partial charge in [0.2, 0.25) is 0 Å². The Balaban J connectivity index is 2.16. The van der Waals surface area contributed by atoms with E-state index in [1.54, 1.807) is 18.2 Å². The SMILES string of the molecule is COC(=O)c1cccc(S(=O)(=O)Oc2cccc3ccccc23)c1C(=O)OC. The monoisotopic (exact) mass is 400 g/mol. The third-order valence-electron chi connectivity index (χ3n) is 4.04. The van der Waals surface area contributed by atoms with Crippen LogP contribution in [-0.2, 0) is 19.6 Å². The van der Waals surface area contributed by atoms with Crippen LogP contribution in [0.4, 0.5) is 0 Å². The van der Waals surface area contributed by atoms with Crippen molar-refractivity contribution >= 4 is 32.8 Å². The maximum Gasteiger partial charge on any atom is 0.340 e. The third-order valence-corrected chi connectivity index (χ3v) is 5.32. The van der Waals surface area contributed by atoms with Gasteiger partial charge >= 0.3 is 22.1 Å². The zero-order valence-electron chi connectivity index (χ0n) is 15.0. The number of esters is 2. The summed E-state index contributed by atoms with van der Waals surface area (Å²) < 4.78 is 40.5. The largest absolute Gasteiger partial charge is 0.465 e. The van der Waals surface area contributed by atoms with Gasteiger partial charge in [0.15, 0.2) is 5.75 Å². The molecular weight excluding hydrogens is 384 g/mol. The Hall–Kier alpha value is -3.39. The molecule has 0 radical (unpaired) electrons. The van der Waals surface area contributed by atoms with E-state index in [0.29, 0.717) is 5.39 Å². The molecule has 0 saturated heterocycles. The lowest BCUT2D eigenvalue weighted by atomic mass is 10.1. The first-order valence-corrected chi connectivity index (χ1v) is 9.51. The fourth-order valence-electron chi connectivity index (χ4n) is 2.76. The van der Waals surface area contributed by atoms with Crippen molar-refractivity contribution in [3.63, 3.8) is 0 Å². The average Bonchev–Trinajstić information content (AvgIpc) is 2.72. The number of ether oxygens (including phenoxy) is 2. The van der Waals surface area contributed by atoms with Crippen LogP contribution >= 0.6 is 0 Å². The summed E-state index contributed by atoms with van der Waals surface area (Å²) in [6.07, 6.45) is 0. The lowest BCUT2D eigenvalue weighted by Gasteiger charge is -2.14. The molecule has 0 heterocycles. The molecule has 3 aromatic rings. The molecule has 0 aliphatic carbocycles. The first-order valence-electron chi connectivity index (χ1n) is 8.11. The predicted octanol–water partition coefficient (Wildman–Crippen LogP) is 3.18. The fraction of sp³-hybridized carbons (Fsp3) is 0.100. The quantitative estimate of drug-likeness (QED) is 0.479. The molecular formula is C20H16O7S. The van der Waals surface area contributed by atoms with Crippen molar-refractivity contribution in [1.82, 2.24) is 0 Å².